The minimum absolute atomic E-state index is 0.0118. The van der Waals surface area contributed by atoms with E-state index in [0.29, 0.717) is 29.4 Å². The molecule has 1 N–H and O–H groups in total. The van der Waals surface area contributed by atoms with Gasteiger partial charge in [-0.25, -0.2) is 8.42 Å². The molecule has 32 heavy (non-hydrogen) atoms. The fourth-order valence-corrected chi connectivity index (χ4v) is 4.32. The fourth-order valence-electron chi connectivity index (χ4n) is 2.97. The van der Waals surface area contributed by atoms with E-state index in [-0.39, 0.29) is 18.0 Å². The van der Waals surface area contributed by atoms with Gasteiger partial charge in [0.2, 0.25) is 15.9 Å². The predicted molar refractivity (Wildman–Crippen MR) is 121 cm³/mol. The average molecular weight is 456 g/mol. The lowest BCUT2D eigenvalue weighted by Gasteiger charge is -2.22. The van der Waals surface area contributed by atoms with E-state index < -0.39 is 15.9 Å². The van der Waals surface area contributed by atoms with Gasteiger partial charge in [0.05, 0.1) is 20.3 Å². The molecule has 1 amide bonds. The molecule has 0 bridgehead atoms. The fraction of sp³-hybridized carbons (Fsp3) is 0.217. The molecular weight excluding hydrogens is 430 g/mol. The van der Waals surface area contributed by atoms with Crippen molar-refractivity contribution in [2.75, 3.05) is 25.6 Å². The number of hydrogen-bond donors (Lipinski definition) is 1. The predicted octanol–water partition coefficient (Wildman–Crippen LogP) is 3.32. The second kappa shape index (κ2) is 10.7. The molecule has 0 unspecified atom stereocenters. The lowest BCUT2D eigenvalue weighted by Crippen LogP contribution is -2.37. The topological polar surface area (TPSA) is 97.8 Å². The molecule has 0 aliphatic heterocycles. The number of pyridine rings is 1. The Morgan fingerprint density at radius 1 is 1.03 bits per heavy atom. The van der Waals surface area contributed by atoms with Gasteiger partial charge in [-0.05, 0) is 61.0 Å². The average Bonchev–Trinajstić information content (AvgIpc) is 2.81. The minimum Gasteiger partial charge on any atom is -0.497 e. The molecular formula is C23H25N3O5S. The van der Waals surface area contributed by atoms with Gasteiger partial charge in [0.15, 0.2) is 0 Å². The molecule has 9 heteroatoms. The standard InChI is InChI=1S/C23H25N3O5S/c1-3-31-21-12-8-19(9-13-21)25-23(27)17-26(16-18-6-10-20(30-2)11-7-18)32(28,29)22-5-4-14-24-15-22/h4-15H,3,16-17H2,1-2H3,(H,25,27). The number of nitrogens with zero attached hydrogens (tertiary/aromatic N) is 2. The van der Waals surface area contributed by atoms with E-state index >= 15 is 0 Å². The third-order valence-electron chi connectivity index (χ3n) is 4.56. The number of benzene rings is 2. The Morgan fingerprint density at radius 3 is 2.31 bits per heavy atom. The van der Waals surface area contributed by atoms with E-state index in [4.69, 9.17) is 9.47 Å². The molecule has 0 saturated carbocycles. The van der Waals surface area contributed by atoms with Crippen LogP contribution in [0.1, 0.15) is 12.5 Å². The van der Waals surface area contributed by atoms with Gasteiger partial charge in [0.25, 0.3) is 0 Å². The van der Waals surface area contributed by atoms with Crippen molar-refractivity contribution in [1.82, 2.24) is 9.29 Å². The number of sulfonamides is 1. The molecule has 0 fully saturated rings. The summed E-state index contributed by atoms with van der Waals surface area (Å²) in [6.07, 6.45) is 2.76. The van der Waals surface area contributed by atoms with E-state index in [1.54, 1.807) is 61.7 Å². The zero-order valence-corrected chi connectivity index (χ0v) is 18.7. The van der Waals surface area contributed by atoms with E-state index in [2.05, 4.69) is 10.3 Å². The molecule has 0 radical (unpaired) electrons. The van der Waals surface area contributed by atoms with Crippen LogP contribution in [0.3, 0.4) is 0 Å². The van der Waals surface area contributed by atoms with Crippen molar-refractivity contribution in [1.29, 1.82) is 0 Å². The van der Waals surface area contributed by atoms with Crippen LogP contribution in [0.2, 0.25) is 0 Å². The Labute approximate surface area is 187 Å². The summed E-state index contributed by atoms with van der Waals surface area (Å²) < 4.78 is 38.1. The first-order valence-corrected chi connectivity index (χ1v) is 11.4. The third kappa shape index (κ3) is 6.05. The number of ether oxygens (including phenoxy) is 2. The smallest absolute Gasteiger partial charge is 0.245 e. The van der Waals surface area contributed by atoms with E-state index in [1.807, 2.05) is 6.92 Å². The van der Waals surface area contributed by atoms with Gasteiger partial charge in [-0.3, -0.25) is 9.78 Å². The number of aromatic nitrogens is 1. The Balaban J connectivity index is 1.80. The van der Waals surface area contributed by atoms with Crippen LogP contribution in [-0.4, -0.2) is 43.9 Å². The maximum atomic E-state index is 13.2. The molecule has 3 aromatic rings. The van der Waals surface area contributed by atoms with Crippen LogP contribution >= 0.6 is 0 Å². The van der Waals surface area contributed by atoms with Gasteiger partial charge in [0, 0.05) is 24.6 Å². The molecule has 0 aliphatic rings. The molecule has 8 nitrogen and oxygen atoms in total. The zero-order chi connectivity index (χ0) is 23.0. The molecule has 2 aromatic carbocycles. The summed E-state index contributed by atoms with van der Waals surface area (Å²) in [7, 11) is -2.40. The van der Waals surface area contributed by atoms with Gasteiger partial charge in [-0.15, -0.1) is 0 Å². The van der Waals surface area contributed by atoms with Crippen molar-refractivity contribution >= 4 is 21.6 Å². The number of nitrogens with one attached hydrogen (secondary N) is 1. The first-order valence-electron chi connectivity index (χ1n) is 9.98. The largest absolute Gasteiger partial charge is 0.497 e. The van der Waals surface area contributed by atoms with Crippen molar-refractivity contribution in [2.24, 2.45) is 0 Å². The Morgan fingerprint density at radius 2 is 1.72 bits per heavy atom. The molecule has 3 rings (SSSR count). The van der Waals surface area contributed by atoms with E-state index in [0.717, 1.165) is 4.31 Å². The number of methoxy groups -OCH3 is 1. The molecule has 1 aromatic heterocycles. The number of rotatable bonds is 10. The first-order chi connectivity index (χ1) is 15.4. The highest BCUT2D eigenvalue weighted by Crippen LogP contribution is 2.20. The summed E-state index contributed by atoms with van der Waals surface area (Å²) in [5.74, 6) is 0.879. The molecule has 0 atom stereocenters. The normalized spacial score (nSPS) is 11.2. The van der Waals surface area contributed by atoms with E-state index in [9.17, 15) is 13.2 Å². The van der Waals surface area contributed by atoms with Crippen molar-refractivity contribution in [3.8, 4) is 11.5 Å². The van der Waals surface area contributed by atoms with Crippen LogP contribution in [0.5, 0.6) is 11.5 Å². The summed E-state index contributed by atoms with van der Waals surface area (Å²) in [5, 5.41) is 2.73. The number of carbonyl (C=O) groups excluding carboxylic acids is 1. The molecule has 0 spiro atoms. The summed E-state index contributed by atoms with van der Waals surface area (Å²) >= 11 is 0. The number of hydrogen-bond acceptors (Lipinski definition) is 6. The lowest BCUT2D eigenvalue weighted by atomic mass is 10.2. The van der Waals surface area contributed by atoms with Gasteiger partial charge in [-0.2, -0.15) is 4.31 Å². The highest BCUT2D eigenvalue weighted by atomic mass is 32.2. The Hall–Kier alpha value is -3.43. The summed E-state index contributed by atoms with van der Waals surface area (Å²) in [5.41, 5.74) is 1.26. The van der Waals surface area contributed by atoms with Gasteiger partial charge < -0.3 is 14.8 Å². The monoisotopic (exact) mass is 455 g/mol. The van der Waals surface area contributed by atoms with Crippen LogP contribution < -0.4 is 14.8 Å². The summed E-state index contributed by atoms with van der Waals surface area (Å²) in [6.45, 7) is 2.07. The number of amides is 1. The minimum atomic E-state index is -3.96. The molecule has 1 heterocycles. The molecule has 168 valence electrons. The third-order valence-corrected chi connectivity index (χ3v) is 6.33. The number of anilines is 1. The zero-order valence-electron chi connectivity index (χ0n) is 17.9. The van der Waals surface area contributed by atoms with E-state index in [1.165, 1.54) is 18.5 Å². The maximum absolute atomic E-state index is 13.2. The van der Waals surface area contributed by atoms with Gasteiger partial charge >= 0.3 is 0 Å². The summed E-state index contributed by atoms with van der Waals surface area (Å²) in [6, 6.07) is 16.9. The van der Waals surface area contributed by atoms with Crippen LogP contribution in [-0.2, 0) is 21.4 Å². The van der Waals surface area contributed by atoms with Crippen LogP contribution in [0.15, 0.2) is 78.0 Å². The van der Waals surface area contributed by atoms with Gasteiger partial charge in [-0.1, -0.05) is 12.1 Å². The van der Waals surface area contributed by atoms with Crippen LogP contribution in [0, 0.1) is 0 Å². The van der Waals surface area contributed by atoms with Crippen molar-refractivity contribution < 1.29 is 22.7 Å². The second-order valence-corrected chi connectivity index (χ2v) is 8.75. The lowest BCUT2D eigenvalue weighted by molar-refractivity contribution is -0.116. The van der Waals surface area contributed by atoms with Crippen molar-refractivity contribution in [3.63, 3.8) is 0 Å². The second-order valence-electron chi connectivity index (χ2n) is 6.82. The maximum Gasteiger partial charge on any atom is 0.245 e. The van der Waals surface area contributed by atoms with Crippen LogP contribution in [0.4, 0.5) is 5.69 Å². The first kappa shape index (κ1) is 23.2. The summed E-state index contributed by atoms with van der Waals surface area (Å²) in [4.78, 5) is 16.6. The van der Waals surface area contributed by atoms with Crippen molar-refractivity contribution in [2.45, 2.75) is 18.4 Å². The quantitative estimate of drug-likeness (QED) is 0.504. The van der Waals surface area contributed by atoms with Gasteiger partial charge in [0.1, 0.15) is 16.4 Å². The molecule has 0 aliphatic carbocycles. The van der Waals surface area contributed by atoms with Crippen molar-refractivity contribution in [3.05, 3.63) is 78.6 Å². The van der Waals surface area contributed by atoms with Crippen LogP contribution in [0.25, 0.3) is 0 Å². The Kier molecular flexibility index (Phi) is 7.80. The highest BCUT2D eigenvalue weighted by Gasteiger charge is 2.27. The number of carbonyl (C=O) groups is 1. The highest BCUT2D eigenvalue weighted by molar-refractivity contribution is 7.89. The Bertz CT molecular complexity index is 1120. The molecule has 0 saturated heterocycles. The SMILES string of the molecule is CCOc1ccc(NC(=O)CN(Cc2ccc(OC)cc2)S(=O)(=O)c2cccnc2)cc1.